The number of aryl methyl sites for hydroxylation is 2. The minimum Gasteiger partial charge on any atom is -0.444 e. The lowest BCUT2D eigenvalue weighted by Crippen LogP contribution is -2.32. The van der Waals surface area contributed by atoms with Gasteiger partial charge in [0, 0.05) is 72.9 Å². The van der Waals surface area contributed by atoms with Crippen molar-refractivity contribution in [1.29, 1.82) is 15.9 Å². The molecule has 0 saturated carbocycles. The fraction of sp³-hybridized carbons (Fsp3) is 0.282. The molecule has 0 radical (unpaired) electrons. The number of pyridine rings is 1. The lowest BCUT2D eigenvalue weighted by Gasteiger charge is -2.19. The first-order chi connectivity index (χ1) is 59.3. The Bertz CT molecular complexity index is 5190. The first-order valence-electron chi connectivity index (χ1n) is 37.6. The average molecular weight is 1860 g/mol. The number of nitrogens with two attached hydrogens (primary N) is 5. The molecule has 3 amide bonds. The number of rotatable bonds is 15. The molecule has 11 aromatic rings. The zero-order valence-corrected chi connectivity index (χ0v) is 75.4. The topological polar surface area (TPSA) is 574 Å². The van der Waals surface area contributed by atoms with Crippen molar-refractivity contribution in [3.63, 3.8) is 0 Å². The summed E-state index contributed by atoms with van der Waals surface area (Å²) in [6.07, 6.45) is 2.74. The Morgan fingerprint density at radius 2 is 0.714 bits per heavy atom. The summed E-state index contributed by atoms with van der Waals surface area (Å²) in [4.78, 5) is 88.3. The number of nitrogen functional groups attached to an aromatic ring is 1. The number of nitrogens with zero attached hydrogens (tertiary/aromatic N) is 7. The average Bonchev–Trinajstić information content (AvgIpc) is 1.72. The number of aromatic amines is 3. The van der Waals surface area contributed by atoms with Crippen LogP contribution in [0.25, 0.3) is 34.2 Å². The third kappa shape index (κ3) is 49.9. The van der Waals surface area contributed by atoms with E-state index in [1.54, 1.807) is 127 Å². The molecule has 11 rings (SSSR count). The molecule has 7 aromatic carbocycles. The molecule has 0 saturated heterocycles. The highest BCUT2D eigenvalue weighted by Gasteiger charge is 2.32. The SMILES string of the molecule is CC(C)(C)OC(=O)NCc1ccc(-c2noc(=O)[nH]2)cc1.CC(C)(C)OC(=O)NCc1ccc(/C(N)=N/O)cc1.CC(C)(C)OC(=O)NCc1ccc(C#N)cc1.CCc1ccc(-c2noc(=O)[nH]2)cc1.CCc1ccc(C(=N)N)cc1.CN.N#Cc1ccc(CN)cc1.NCc1ccc(-c2noc(=O)[nH]2)cc1.O=C(OC(Cl)(Cl)Cl)OC(Cl)(Cl)Cl.c1ccncc1. The van der Waals surface area contributed by atoms with Crippen LogP contribution in [0.1, 0.15) is 137 Å². The summed E-state index contributed by atoms with van der Waals surface area (Å²) < 4.78 is 32.1. The molecular weight excluding hydrogens is 1760 g/mol. The van der Waals surface area contributed by atoms with Crippen LogP contribution < -0.4 is 61.9 Å². The second-order valence-corrected chi connectivity index (χ2v) is 32.2. The minimum absolute atomic E-state index is 0.0478. The molecule has 0 bridgehead atoms. The third-order valence-electron chi connectivity index (χ3n) is 14.6. The molecule has 4 aromatic heterocycles. The number of amides is 3. The van der Waals surface area contributed by atoms with Crippen LogP contribution >= 0.6 is 69.6 Å². The van der Waals surface area contributed by atoms with E-state index in [4.69, 9.17) is 128 Å². The molecule has 0 aliphatic rings. The van der Waals surface area contributed by atoms with Crippen LogP contribution in [0, 0.1) is 28.1 Å². The summed E-state index contributed by atoms with van der Waals surface area (Å²) in [5.74, 6) is -0.231. The van der Waals surface area contributed by atoms with E-state index in [1.165, 1.54) is 18.2 Å². The molecule has 35 nitrogen and oxygen atoms in total. The molecule has 0 atom stereocenters. The Labute approximate surface area is 756 Å². The van der Waals surface area contributed by atoms with Crippen LogP contribution in [0.4, 0.5) is 19.2 Å². The Morgan fingerprint density at radius 1 is 0.444 bits per heavy atom. The van der Waals surface area contributed by atoms with Gasteiger partial charge in [0.25, 0.3) is 0 Å². The van der Waals surface area contributed by atoms with Crippen molar-refractivity contribution in [2.45, 2.75) is 146 Å². The quantitative estimate of drug-likeness (QED) is 0.00862. The number of nitrogens with one attached hydrogen (secondary N) is 7. The van der Waals surface area contributed by atoms with E-state index in [0.717, 1.165) is 62.9 Å². The number of amidine groups is 2. The summed E-state index contributed by atoms with van der Waals surface area (Å²) in [6.45, 7) is 22.6. The van der Waals surface area contributed by atoms with Crippen molar-refractivity contribution in [3.05, 3.63) is 293 Å². The van der Waals surface area contributed by atoms with E-state index >= 15 is 0 Å². The van der Waals surface area contributed by atoms with E-state index in [0.29, 0.717) is 66.9 Å². The molecular formula is C85H101Cl6N19O16. The van der Waals surface area contributed by atoms with Crippen LogP contribution in [0.3, 0.4) is 0 Å². The van der Waals surface area contributed by atoms with Gasteiger partial charge in [-0.3, -0.25) is 38.9 Å². The summed E-state index contributed by atoms with van der Waals surface area (Å²) >= 11 is 30.2. The summed E-state index contributed by atoms with van der Waals surface area (Å²) in [5, 5.41) is 54.4. The van der Waals surface area contributed by atoms with E-state index in [-0.39, 0.29) is 11.7 Å². The zero-order valence-electron chi connectivity index (χ0n) is 70.9. The fourth-order valence-corrected chi connectivity index (χ4v) is 9.09. The molecule has 0 aliphatic carbocycles. The number of hydrogen-bond acceptors (Lipinski definition) is 27. The Balaban J connectivity index is 0.000000486. The van der Waals surface area contributed by atoms with Gasteiger partial charge in [0.1, 0.15) is 22.6 Å². The number of hydrogen-bond donors (Lipinski definition) is 13. The van der Waals surface area contributed by atoms with Gasteiger partial charge < -0.3 is 73.5 Å². The molecule has 0 spiro atoms. The lowest BCUT2D eigenvalue weighted by atomic mass is 10.1. The largest absolute Gasteiger partial charge is 0.515 e. The maximum Gasteiger partial charge on any atom is 0.515 e. The molecule has 0 fully saturated rings. The second-order valence-electron chi connectivity index (χ2n) is 27.9. The highest BCUT2D eigenvalue weighted by atomic mass is 35.6. The van der Waals surface area contributed by atoms with Gasteiger partial charge in [-0.15, -0.1) is 0 Å². The van der Waals surface area contributed by atoms with Crippen molar-refractivity contribution in [2.75, 3.05) is 7.05 Å². The molecule has 0 unspecified atom stereocenters. The monoisotopic (exact) mass is 1850 g/mol. The standard InChI is InChI=1S/C14H17N3O4.C13H19N3O3.C13H16N2O2.C10H10N2O2.C9H9N3O2.C9H12N2.C8H8N2.C5H5N.C3Cl6O3.CH5N/c1-14(2,3)20-12(18)15-8-9-4-6-10(7-5-9)11-16-13(19)21-17-11;1-13(2,3)19-12(17)15-8-9-4-6-10(7-5-9)11(14)16-18;1-13(2,3)17-12(16)15-9-11-6-4-10(8-14)5-7-11;1-2-7-3-5-8(6-4-7)9-11-10(13)14-12-9;10-5-6-1-3-7(4-2-6)8-11-9(13)14-12-8;1-2-7-3-5-8(6-4-7)9(10)11;9-5-7-1-2-8(6-10)4-3-7;1-2-4-6-5-3-1;4-2(5,6)11-1(10)12-3(7,8)9;1-2/h4-7H,8H2,1-3H3,(H,15,18)(H,16,17,19);4-7,18H,8H2,1-3H3,(H2,14,16)(H,15,17);4-7H,9H2,1-3H3,(H,15,16);3-6H,2H2,1H3,(H,11,12,13);1-4H,5,10H2,(H,11,12,13);3-6H,2H2,1H3,(H3,10,11);1-4H,5,9H2;1-5H;;2H2,1H3. The number of halogens is 6. The number of alkyl carbamates (subject to hydrolysis) is 3. The maximum atomic E-state index is 11.5. The molecule has 18 N–H and O–H groups in total. The van der Waals surface area contributed by atoms with Crippen LogP contribution in [-0.2, 0) is 69.2 Å². The summed E-state index contributed by atoms with van der Waals surface area (Å²) in [7, 11) is 1.50. The van der Waals surface area contributed by atoms with E-state index < -0.39 is 66.5 Å². The van der Waals surface area contributed by atoms with Gasteiger partial charge in [-0.1, -0.05) is 186 Å². The number of ether oxygens (including phenoxy) is 5. The van der Waals surface area contributed by atoms with Crippen molar-refractivity contribution < 1.29 is 61.6 Å². The Hall–Kier alpha value is -13.1. The number of carbonyl (C=O) groups is 4. The van der Waals surface area contributed by atoms with Gasteiger partial charge in [-0.05, 0) is 227 Å². The number of nitriles is 2. The van der Waals surface area contributed by atoms with E-state index in [1.807, 2.05) is 148 Å². The first kappa shape index (κ1) is 109. The zero-order chi connectivity index (χ0) is 94.6. The van der Waals surface area contributed by atoms with Gasteiger partial charge >= 0.3 is 49.7 Å². The second kappa shape index (κ2) is 56.6. The van der Waals surface area contributed by atoms with Gasteiger partial charge in [0.2, 0.25) is 0 Å². The molecule has 0 aliphatic heterocycles. The van der Waals surface area contributed by atoms with Crippen LogP contribution in [0.5, 0.6) is 0 Å². The third-order valence-corrected chi connectivity index (χ3v) is 15.0. The van der Waals surface area contributed by atoms with Crippen molar-refractivity contribution >= 4 is 106 Å². The molecule has 674 valence electrons. The number of H-pyrrole nitrogens is 3. The molecule has 126 heavy (non-hydrogen) atoms. The van der Waals surface area contributed by atoms with Crippen LogP contribution in [0.15, 0.2) is 234 Å². The van der Waals surface area contributed by atoms with Crippen molar-refractivity contribution in [3.8, 4) is 46.3 Å². The molecule has 41 heteroatoms. The van der Waals surface area contributed by atoms with Gasteiger partial charge in [0.05, 0.1) is 23.3 Å². The van der Waals surface area contributed by atoms with E-state index in [2.05, 4.69) is 99.1 Å². The summed E-state index contributed by atoms with van der Waals surface area (Å²) in [5.41, 5.74) is 36.9. The van der Waals surface area contributed by atoms with Gasteiger partial charge in [-0.25, -0.2) is 33.6 Å². The number of aromatic nitrogens is 7. The predicted molar refractivity (Wildman–Crippen MR) is 483 cm³/mol. The highest BCUT2D eigenvalue weighted by molar-refractivity contribution is 6.67. The lowest BCUT2D eigenvalue weighted by molar-refractivity contribution is 0.0500. The summed E-state index contributed by atoms with van der Waals surface area (Å²) in [6, 6.07) is 61.2. The minimum atomic E-state index is -2.24. The first-order valence-corrected chi connectivity index (χ1v) is 39.8. The fourth-order valence-electron chi connectivity index (χ4n) is 8.71. The smallest absolute Gasteiger partial charge is 0.444 e. The highest BCUT2D eigenvalue weighted by Crippen LogP contribution is 2.32. The van der Waals surface area contributed by atoms with Crippen LogP contribution in [-0.4, -0.2) is 109 Å². The van der Waals surface area contributed by atoms with Crippen molar-refractivity contribution in [1.82, 2.24) is 51.4 Å². The van der Waals surface area contributed by atoms with Gasteiger partial charge in [0.15, 0.2) is 23.3 Å². The van der Waals surface area contributed by atoms with Crippen LogP contribution in [0.2, 0.25) is 0 Å². The van der Waals surface area contributed by atoms with E-state index in [9.17, 15) is 33.6 Å². The van der Waals surface area contributed by atoms with Gasteiger partial charge in [-0.2, -0.15) is 10.5 Å². The number of alkyl halides is 6. The predicted octanol–water partition coefficient (Wildman–Crippen LogP) is 15.5. The number of benzene rings is 7. The number of oxime groups is 1. The normalized spacial score (nSPS) is 10.5. The Kier molecular flexibility index (Phi) is 49.0. The number of carbonyl (C=O) groups excluding carboxylic acids is 4. The maximum absolute atomic E-state index is 11.5. The Morgan fingerprint density at radius 3 is 0.944 bits per heavy atom. The van der Waals surface area contributed by atoms with Crippen molar-refractivity contribution in [2.24, 2.45) is 33.8 Å². The molecule has 4 heterocycles.